The monoisotopic (exact) mass is 349 g/mol. The smallest absolute Gasteiger partial charge is 0.253 e. The largest absolute Gasteiger partial charge is 0.377 e. The van der Waals surface area contributed by atoms with E-state index in [0.29, 0.717) is 30.3 Å². The molecule has 0 unspecified atom stereocenters. The second-order valence-corrected chi connectivity index (χ2v) is 6.22. The third kappa shape index (κ3) is 4.99. The molecular weight excluding hydrogens is 330 g/mol. The second kappa shape index (κ2) is 8.96. The predicted molar refractivity (Wildman–Crippen MR) is 96.2 cm³/mol. The fourth-order valence-electron chi connectivity index (χ4n) is 2.16. The van der Waals surface area contributed by atoms with Crippen molar-refractivity contribution < 1.29 is 9.53 Å². The third-order valence-electron chi connectivity index (χ3n) is 3.44. The van der Waals surface area contributed by atoms with Crippen LogP contribution in [-0.2, 0) is 17.9 Å². The summed E-state index contributed by atoms with van der Waals surface area (Å²) in [6.45, 7) is 3.62. The maximum absolute atomic E-state index is 12.4. The summed E-state index contributed by atoms with van der Waals surface area (Å²) >= 11 is 7.72. The lowest BCUT2D eigenvalue weighted by Crippen LogP contribution is -2.23. The van der Waals surface area contributed by atoms with Gasteiger partial charge in [0, 0.05) is 18.0 Å². The van der Waals surface area contributed by atoms with Crippen molar-refractivity contribution >= 4 is 29.3 Å². The second-order valence-electron chi connectivity index (χ2n) is 4.93. The van der Waals surface area contributed by atoms with Gasteiger partial charge in [-0.25, -0.2) is 0 Å². The van der Waals surface area contributed by atoms with E-state index in [1.807, 2.05) is 49.6 Å². The van der Waals surface area contributed by atoms with Gasteiger partial charge in [-0.05, 0) is 42.5 Å². The molecule has 0 aliphatic carbocycles. The molecule has 5 heteroatoms. The van der Waals surface area contributed by atoms with Crippen LogP contribution in [0.2, 0.25) is 5.02 Å². The quantitative estimate of drug-likeness (QED) is 0.746. The summed E-state index contributed by atoms with van der Waals surface area (Å²) in [5.41, 5.74) is 2.63. The zero-order valence-corrected chi connectivity index (χ0v) is 14.8. The van der Waals surface area contributed by atoms with Gasteiger partial charge in [-0.3, -0.25) is 4.79 Å². The minimum Gasteiger partial charge on any atom is -0.377 e. The molecule has 2 aromatic carbocycles. The SMILES string of the molecule is CCOCc1ccccc1CNC(=O)c1cc(SC)ccc1Cl. The first-order valence-corrected chi connectivity index (χ1v) is 9.02. The van der Waals surface area contributed by atoms with Crippen LogP contribution in [0.25, 0.3) is 0 Å². The number of carbonyl (C=O) groups excluding carboxylic acids is 1. The maximum Gasteiger partial charge on any atom is 0.253 e. The number of thioether (sulfide) groups is 1. The highest BCUT2D eigenvalue weighted by Crippen LogP contribution is 2.23. The van der Waals surface area contributed by atoms with Gasteiger partial charge in [0.1, 0.15) is 0 Å². The molecule has 3 nitrogen and oxygen atoms in total. The van der Waals surface area contributed by atoms with E-state index in [2.05, 4.69) is 5.32 Å². The summed E-state index contributed by atoms with van der Waals surface area (Å²) in [6, 6.07) is 13.4. The summed E-state index contributed by atoms with van der Waals surface area (Å²) in [4.78, 5) is 13.4. The van der Waals surface area contributed by atoms with Crippen molar-refractivity contribution in [3.05, 3.63) is 64.2 Å². The molecule has 0 aliphatic heterocycles. The molecule has 0 saturated heterocycles. The number of ether oxygens (including phenoxy) is 1. The average molecular weight is 350 g/mol. The van der Waals surface area contributed by atoms with Crippen LogP contribution in [-0.4, -0.2) is 18.8 Å². The number of nitrogens with one attached hydrogen (secondary N) is 1. The topological polar surface area (TPSA) is 38.3 Å². The van der Waals surface area contributed by atoms with Crippen molar-refractivity contribution in [2.45, 2.75) is 25.0 Å². The molecular formula is C18H20ClNO2S. The zero-order chi connectivity index (χ0) is 16.7. The minimum absolute atomic E-state index is 0.169. The number of rotatable bonds is 7. The van der Waals surface area contributed by atoms with Gasteiger partial charge in [0.2, 0.25) is 0 Å². The molecule has 1 amide bonds. The number of halogens is 1. The van der Waals surface area contributed by atoms with E-state index in [1.165, 1.54) is 0 Å². The average Bonchev–Trinajstić information content (AvgIpc) is 2.59. The Labute approximate surface area is 146 Å². The Morgan fingerprint density at radius 3 is 2.65 bits per heavy atom. The third-order valence-corrected chi connectivity index (χ3v) is 4.49. The van der Waals surface area contributed by atoms with Crippen LogP contribution in [0.5, 0.6) is 0 Å². The molecule has 122 valence electrons. The summed E-state index contributed by atoms with van der Waals surface area (Å²) in [7, 11) is 0. The van der Waals surface area contributed by atoms with E-state index in [-0.39, 0.29) is 5.91 Å². The summed E-state index contributed by atoms with van der Waals surface area (Å²) < 4.78 is 5.46. The Morgan fingerprint density at radius 2 is 1.96 bits per heavy atom. The van der Waals surface area contributed by atoms with Crippen molar-refractivity contribution in [3.8, 4) is 0 Å². The highest BCUT2D eigenvalue weighted by Gasteiger charge is 2.12. The normalized spacial score (nSPS) is 10.6. The number of carbonyl (C=O) groups is 1. The summed E-state index contributed by atoms with van der Waals surface area (Å²) in [6.07, 6.45) is 1.97. The van der Waals surface area contributed by atoms with Gasteiger partial charge in [0.15, 0.2) is 0 Å². The Bertz CT molecular complexity index is 676. The van der Waals surface area contributed by atoms with Gasteiger partial charge < -0.3 is 10.1 Å². The molecule has 0 aliphatic rings. The van der Waals surface area contributed by atoms with Crippen LogP contribution < -0.4 is 5.32 Å². The number of amides is 1. The molecule has 2 aromatic rings. The van der Waals surface area contributed by atoms with Crippen molar-refractivity contribution in [1.82, 2.24) is 5.32 Å². The fourth-order valence-corrected chi connectivity index (χ4v) is 2.80. The first kappa shape index (κ1) is 17.9. The molecule has 0 radical (unpaired) electrons. The Morgan fingerprint density at radius 1 is 1.22 bits per heavy atom. The van der Waals surface area contributed by atoms with Gasteiger partial charge in [-0.2, -0.15) is 0 Å². The number of hydrogen-bond acceptors (Lipinski definition) is 3. The first-order valence-electron chi connectivity index (χ1n) is 7.42. The molecule has 0 saturated carbocycles. The molecule has 0 bridgehead atoms. The number of benzene rings is 2. The Hall–Kier alpha value is -1.49. The van der Waals surface area contributed by atoms with Gasteiger partial charge in [-0.15, -0.1) is 11.8 Å². The van der Waals surface area contributed by atoms with Crippen molar-refractivity contribution in [1.29, 1.82) is 0 Å². The molecule has 0 heterocycles. The van der Waals surface area contributed by atoms with E-state index in [9.17, 15) is 4.79 Å². The lowest BCUT2D eigenvalue weighted by molar-refractivity contribution is 0.0949. The maximum atomic E-state index is 12.4. The van der Waals surface area contributed by atoms with E-state index in [0.717, 1.165) is 16.0 Å². The lowest BCUT2D eigenvalue weighted by atomic mass is 10.1. The van der Waals surface area contributed by atoms with E-state index in [1.54, 1.807) is 17.8 Å². The van der Waals surface area contributed by atoms with Gasteiger partial charge >= 0.3 is 0 Å². The fraction of sp³-hybridized carbons (Fsp3) is 0.278. The minimum atomic E-state index is -0.169. The van der Waals surface area contributed by atoms with Crippen LogP contribution in [0.15, 0.2) is 47.4 Å². The van der Waals surface area contributed by atoms with Crippen molar-refractivity contribution in [3.63, 3.8) is 0 Å². The number of hydrogen-bond donors (Lipinski definition) is 1. The van der Waals surface area contributed by atoms with E-state index >= 15 is 0 Å². The molecule has 23 heavy (non-hydrogen) atoms. The Kier molecular flexibility index (Phi) is 6.96. The van der Waals surface area contributed by atoms with Gasteiger partial charge in [0.05, 0.1) is 17.2 Å². The first-order chi connectivity index (χ1) is 11.2. The van der Waals surface area contributed by atoms with Crippen LogP contribution in [0.4, 0.5) is 0 Å². The predicted octanol–water partition coefficient (Wildman–Crippen LogP) is 4.53. The molecule has 2 rings (SSSR count). The molecule has 0 fully saturated rings. The van der Waals surface area contributed by atoms with Crippen LogP contribution in [0, 0.1) is 0 Å². The van der Waals surface area contributed by atoms with E-state index in [4.69, 9.17) is 16.3 Å². The van der Waals surface area contributed by atoms with E-state index < -0.39 is 0 Å². The molecule has 0 atom stereocenters. The van der Waals surface area contributed by atoms with Crippen LogP contribution >= 0.6 is 23.4 Å². The van der Waals surface area contributed by atoms with Crippen LogP contribution in [0.1, 0.15) is 28.4 Å². The molecule has 0 aromatic heterocycles. The summed E-state index contributed by atoms with van der Waals surface area (Å²) in [5.74, 6) is -0.169. The van der Waals surface area contributed by atoms with Crippen molar-refractivity contribution in [2.24, 2.45) is 0 Å². The lowest BCUT2D eigenvalue weighted by Gasteiger charge is -2.12. The zero-order valence-electron chi connectivity index (χ0n) is 13.3. The standard InChI is InChI=1S/C18H20ClNO2S/c1-3-22-12-14-7-5-4-6-13(14)11-20-18(21)16-10-15(23-2)8-9-17(16)19/h4-10H,3,11-12H2,1-2H3,(H,20,21). The Balaban J connectivity index is 2.08. The summed E-state index contributed by atoms with van der Waals surface area (Å²) in [5, 5.41) is 3.40. The highest BCUT2D eigenvalue weighted by molar-refractivity contribution is 7.98. The highest BCUT2D eigenvalue weighted by atomic mass is 35.5. The van der Waals surface area contributed by atoms with Gasteiger partial charge in [0.25, 0.3) is 5.91 Å². The van der Waals surface area contributed by atoms with Crippen molar-refractivity contribution in [2.75, 3.05) is 12.9 Å². The molecule has 0 spiro atoms. The molecule has 1 N–H and O–H groups in total. The van der Waals surface area contributed by atoms with Crippen LogP contribution in [0.3, 0.4) is 0 Å². The van der Waals surface area contributed by atoms with Gasteiger partial charge in [-0.1, -0.05) is 35.9 Å².